The third-order valence-electron chi connectivity index (χ3n) is 3.75. The van der Waals surface area contributed by atoms with Crippen LogP contribution in [-0.4, -0.2) is 31.2 Å². The molecule has 6 heteroatoms. The van der Waals surface area contributed by atoms with Crippen LogP contribution in [0.15, 0.2) is 18.2 Å². The maximum atomic E-state index is 14.2. The molecule has 0 atom stereocenters. The van der Waals surface area contributed by atoms with E-state index in [2.05, 4.69) is 0 Å². The first-order chi connectivity index (χ1) is 9.63. The minimum absolute atomic E-state index is 0.218. The van der Waals surface area contributed by atoms with E-state index in [1.165, 1.54) is 12.1 Å². The highest BCUT2D eigenvalue weighted by molar-refractivity contribution is 5.53. The topological polar surface area (TPSA) is 55.6 Å². The molecule has 0 bridgehead atoms. The summed E-state index contributed by atoms with van der Waals surface area (Å²) in [7, 11) is 1.61. The SMILES string of the molecule is COCCN(c1ccc([N+](=O)[O-])cc1F)C1CCCC1. The zero-order chi connectivity index (χ0) is 14.5. The van der Waals surface area contributed by atoms with E-state index in [0.29, 0.717) is 24.9 Å². The Morgan fingerprint density at radius 3 is 2.70 bits per heavy atom. The lowest BCUT2D eigenvalue weighted by atomic mass is 10.1. The zero-order valence-corrected chi connectivity index (χ0v) is 11.5. The smallest absolute Gasteiger partial charge is 0.272 e. The highest BCUT2D eigenvalue weighted by atomic mass is 19.1. The van der Waals surface area contributed by atoms with E-state index in [-0.39, 0.29) is 5.69 Å². The van der Waals surface area contributed by atoms with Crippen LogP contribution in [0, 0.1) is 15.9 Å². The third kappa shape index (κ3) is 3.25. The molecule has 1 saturated carbocycles. The number of halogens is 1. The minimum atomic E-state index is -0.581. The van der Waals surface area contributed by atoms with Crippen LogP contribution in [0.2, 0.25) is 0 Å². The number of rotatable bonds is 6. The van der Waals surface area contributed by atoms with Gasteiger partial charge in [-0.05, 0) is 18.9 Å². The van der Waals surface area contributed by atoms with Crippen molar-refractivity contribution in [3.63, 3.8) is 0 Å². The molecule has 5 nitrogen and oxygen atoms in total. The summed E-state index contributed by atoms with van der Waals surface area (Å²) < 4.78 is 19.2. The Balaban J connectivity index is 2.25. The lowest BCUT2D eigenvalue weighted by Gasteiger charge is -2.31. The number of nitro benzene ring substituents is 1. The fraction of sp³-hybridized carbons (Fsp3) is 0.571. The van der Waals surface area contributed by atoms with Gasteiger partial charge in [0.15, 0.2) is 5.82 Å². The molecule has 1 fully saturated rings. The van der Waals surface area contributed by atoms with Crippen LogP contribution in [0.1, 0.15) is 25.7 Å². The molecule has 2 rings (SSSR count). The van der Waals surface area contributed by atoms with E-state index in [1.54, 1.807) is 7.11 Å². The summed E-state index contributed by atoms with van der Waals surface area (Å²) in [4.78, 5) is 12.1. The number of benzene rings is 1. The summed E-state index contributed by atoms with van der Waals surface area (Å²) in [5.74, 6) is -0.540. The minimum Gasteiger partial charge on any atom is -0.383 e. The molecule has 1 aliphatic carbocycles. The van der Waals surface area contributed by atoms with E-state index >= 15 is 0 Å². The van der Waals surface area contributed by atoms with E-state index in [1.807, 2.05) is 4.90 Å². The van der Waals surface area contributed by atoms with Crippen LogP contribution in [0.4, 0.5) is 15.8 Å². The van der Waals surface area contributed by atoms with Gasteiger partial charge in [-0.15, -0.1) is 0 Å². The monoisotopic (exact) mass is 282 g/mol. The fourth-order valence-electron chi connectivity index (χ4n) is 2.75. The van der Waals surface area contributed by atoms with Crippen molar-refractivity contribution in [1.82, 2.24) is 0 Å². The Bertz CT molecular complexity index is 475. The number of nitrogens with zero attached hydrogens (tertiary/aromatic N) is 2. The van der Waals surface area contributed by atoms with Gasteiger partial charge in [-0.25, -0.2) is 4.39 Å². The van der Waals surface area contributed by atoms with Crippen molar-refractivity contribution in [2.75, 3.05) is 25.2 Å². The predicted octanol–water partition coefficient (Wildman–Crippen LogP) is 3.13. The molecule has 1 aliphatic rings. The molecule has 20 heavy (non-hydrogen) atoms. The van der Waals surface area contributed by atoms with E-state index < -0.39 is 10.7 Å². The van der Waals surface area contributed by atoms with E-state index in [4.69, 9.17) is 4.74 Å². The van der Waals surface area contributed by atoms with Gasteiger partial charge >= 0.3 is 0 Å². The van der Waals surface area contributed by atoms with Crippen molar-refractivity contribution < 1.29 is 14.1 Å². The van der Waals surface area contributed by atoms with Gasteiger partial charge < -0.3 is 9.64 Å². The first-order valence-electron chi connectivity index (χ1n) is 6.83. The van der Waals surface area contributed by atoms with E-state index in [9.17, 15) is 14.5 Å². The maximum Gasteiger partial charge on any atom is 0.272 e. The van der Waals surface area contributed by atoms with Crippen molar-refractivity contribution in [3.05, 3.63) is 34.1 Å². The lowest BCUT2D eigenvalue weighted by molar-refractivity contribution is -0.385. The zero-order valence-electron chi connectivity index (χ0n) is 11.5. The van der Waals surface area contributed by atoms with Crippen molar-refractivity contribution >= 4 is 11.4 Å². The Morgan fingerprint density at radius 2 is 2.15 bits per heavy atom. The van der Waals surface area contributed by atoms with Crippen LogP contribution in [0.5, 0.6) is 0 Å². The molecule has 1 aromatic carbocycles. The molecule has 0 N–H and O–H groups in total. The molecule has 0 aromatic heterocycles. The molecule has 0 amide bonds. The average Bonchev–Trinajstić information content (AvgIpc) is 2.94. The average molecular weight is 282 g/mol. The molecular formula is C14H19FN2O3. The largest absolute Gasteiger partial charge is 0.383 e. The van der Waals surface area contributed by atoms with E-state index in [0.717, 1.165) is 31.7 Å². The first kappa shape index (κ1) is 14.7. The number of hydrogen-bond donors (Lipinski definition) is 0. The van der Waals surface area contributed by atoms with Gasteiger partial charge in [0.2, 0.25) is 0 Å². The highest BCUT2D eigenvalue weighted by Gasteiger charge is 2.25. The van der Waals surface area contributed by atoms with Crippen LogP contribution in [0.25, 0.3) is 0 Å². The van der Waals surface area contributed by atoms with Gasteiger partial charge in [-0.1, -0.05) is 12.8 Å². The molecule has 1 aromatic rings. The fourth-order valence-corrected chi connectivity index (χ4v) is 2.75. The van der Waals surface area contributed by atoms with Crippen molar-refractivity contribution in [2.24, 2.45) is 0 Å². The quantitative estimate of drug-likeness (QED) is 0.594. The second kappa shape index (κ2) is 6.65. The Kier molecular flexibility index (Phi) is 4.89. The number of nitro groups is 1. The number of methoxy groups -OCH3 is 1. The number of hydrogen-bond acceptors (Lipinski definition) is 4. The summed E-state index contributed by atoms with van der Waals surface area (Å²) in [6.45, 7) is 1.10. The number of non-ortho nitro benzene ring substituents is 1. The first-order valence-corrected chi connectivity index (χ1v) is 6.83. The summed E-state index contributed by atoms with van der Waals surface area (Å²) in [6.07, 6.45) is 4.34. The van der Waals surface area contributed by atoms with Gasteiger partial charge in [0.1, 0.15) is 0 Å². The Morgan fingerprint density at radius 1 is 1.45 bits per heavy atom. The second-order valence-electron chi connectivity index (χ2n) is 5.02. The summed E-state index contributed by atoms with van der Waals surface area (Å²) in [5.41, 5.74) is 0.212. The predicted molar refractivity (Wildman–Crippen MR) is 74.5 cm³/mol. The standard InChI is InChI=1S/C14H19FN2O3/c1-20-9-8-16(11-4-2-3-5-11)14-7-6-12(17(18)19)10-13(14)15/h6-7,10-11H,2-5,8-9H2,1H3. The third-order valence-corrected chi connectivity index (χ3v) is 3.75. The van der Waals surface area contributed by atoms with Crippen molar-refractivity contribution in [3.8, 4) is 0 Å². The van der Waals surface area contributed by atoms with Crippen LogP contribution >= 0.6 is 0 Å². The van der Waals surface area contributed by atoms with Gasteiger partial charge in [0.25, 0.3) is 5.69 Å². The second-order valence-corrected chi connectivity index (χ2v) is 5.02. The van der Waals surface area contributed by atoms with Crippen LogP contribution in [-0.2, 0) is 4.74 Å². The lowest BCUT2D eigenvalue weighted by Crippen LogP contribution is -2.36. The van der Waals surface area contributed by atoms with Crippen molar-refractivity contribution in [1.29, 1.82) is 0 Å². The summed E-state index contributed by atoms with van der Waals surface area (Å²) >= 11 is 0. The highest BCUT2D eigenvalue weighted by Crippen LogP contribution is 2.31. The van der Waals surface area contributed by atoms with Crippen LogP contribution in [0.3, 0.4) is 0 Å². The van der Waals surface area contributed by atoms with Crippen molar-refractivity contribution in [2.45, 2.75) is 31.7 Å². The molecule has 0 spiro atoms. The van der Waals surface area contributed by atoms with Gasteiger partial charge in [0.05, 0.1) is 23.3 Å². The van der Waals surface area contributed by atoms with Gasteiger partial charge in [0, 0.05) is 25.8 Å². The molecule has 0 heterocycles. The summed E-state index contributed by atoms with van der Waals surface area (Å²) in [5, 5.41) is 10.7. The van der Waals surface area contributed by atoms with Crippen LogP contribution < -0.4 is 4.90 Å². The van der Waals surface area contributed by atoms with Gasteiger partial charge in [-0.2, -0.15) is 0 Å². The molecule has 110 valence electrons. The van der Waals surface area contributed by atoms with Gasteiger partial charge in [-0.3, -0.25) is 10.1 Å². The Hall–Kier alpha value is -1.69. The number of anilines is 1. The summed E-state index contributed by atoms with van der Waals surface area (Å²) in [6, 6.07) is 4.14. The molecule has 0 saturated heterocycles. The Labute approximate surface area is 117 Å². The maximum absolute atomic E-state index is 14.2. The normalized spacial score (nSPS) is 15.5. The molecule has 0 unspecified atom stereocenters. The molecule has 0 aliphatic heterocycles. The molecule has 0 radical (unpaired) electrons. The molecular weight excluding hydrogens is 263 g/mol. The number of ether oxygens (including phenoxy) is 1.